The van der Waals surface area contributed by atoms with Crippen molar-refractivity contribution in [3.63, 3.8) is 0 Å². The van der Waals surface area contributed by atoms with Crippen LogP contribution in [0.25, 0.3) is 0 Å². The molecule has 18 heavy (non-hydrogen) atoms. The van der Waals surface area contributed by atoms with Crippen LogP contribution in [0.15, 0.2) is 30.3 Å². The number of halogens is 1. The molecule has 0 aliphatic rings. The summed E-state index contributed by atoms with van der Waals surface area (Å²) in [4.78, 5) is 8.41. The van der Waals surface area contributed by atoms with Crippen LogP contribution in [0.4, 0.5) is 21.7 Å². The molecule has 0 unspecified atom stereocenters. The molecular weight excluding hydrogens is 231 g/mol. The zero-order chi connectivity index (χ0) is 13.0. The number of para-hydroxylation sites is 1. The van der Waals surface area contributed by atoms with Crippen LogP contribution in [0, 0.1) is 5.82 Å². The highest BCUT2D eigenvalue weighted by molar-refractivity contribution is 5.58. The molecule has 0 spiro atoms. The third-order valence-corrected chi connectivity index (χ3v) is 2.40. The first-order valence-electron chi connectivity index (χ1n) is 5.84. The smallest absolute Gasteiger partial charge is 0.146 e. The van der Waals surface area contributed by atoms with E-state index in [2.05, 4.69) is 15.3 Å². The molecular formula is C13H15FN4. The Morgan fingerprint density at radius 1 is 1.28 bits per heavy atom. The molecule has 0 saturated heterocycles. The van der Waals surface area contributed by atoms with Crippen molar-refractivity contribution in [1.29, 1.82) is 0 Å². The van der Waals surface area contributed by atoms with Gasteiger partial charge in [-0.1, -0.05) is 19.1 Å². The Balaban J connectivity index is 2.26. The molecule has 2 rings (SSSR count). The van der Waals surface area contributed by atoms with Crippen molar-refractivity contribution >= 4 is 17.3 Å². The lowest BCUT2D eigenvalue weighted by Crippen LogP contribution is -2.04. The molecule has 0 atom stereocenters. The molecule has 0 radical (unpaired) electrons. The molecule has 1 aromatic heterocycles. The maximum absolute atomic E-state index is 13.5. The molecule has 1 aromatic carbocycles. The Bertz CT molecular complexity index is 542. The highest BCUT2D eigenvalue weighted by Crippen LogP contribution is 2.19. The minimum absolute atomic E-state index is 0.327. The molecule has 0 saturated carbocycles. The number of nitrogen functional groups attached to an aromatic ring is 1. The molecule has 0 bridgehead atoms. The summed E-state index contributed by atoms with van der Waals surface area (Å²) in [6.45, 7) is 2.04. The van der Waals surface area contributed by atoms with E-state index in [-0.39, 0.29) is 5.82 Å². The largest absolute Gasteiger partial charge is 0.384 e. The van der Waals surface area contributed by atoms with E-state index in [0.29, 0.717) is 23.1 Å². The van der Waals surface area contributed by atoms with Gasteiger partial charge in [-0.2, -0.15) is 0 Å². The number of anilines is 3. The summed E-state index contributed by atoms with van der Waals surface area (Å²) in [5, 5.41) is 2.91. The van der Waals surface area contributed by atoms with Crippen LogP contribution in [0.5, 0.6) is 0 Å². The average molecular weight is 246 g/mol. The fraction of sp³-hybridized carbons (Fsp3) is 0.231. The normalized spacial score (nSPS) is 10.3. The van der Waals surface area contributed by atoms with E-state index in [1.54, 1.807) is 24.3 Å². The molecule has 0 amide bonds. The Morgan fingerprint density at radius 2 is 2.06 bits per heavy atom. The quantitative estimate of drug-likeness (QED) is 0.870. The lowest BCUT2D eigenvalue weighted by Gasteiger charge is -2.08. The van der Waals surface area contributed by atoms with Gasteiger partial charge < -0.3 is 11.1 Å². The number of rotatable bonds is 4. The molecule has 0 aliphatic carbocycles. The Labute approximate surface area is 105 Å². The first kappa shape index (κ1) is 12.3. The maximum atomic E-state index is 13.5. The number of hydrogen-bond acceptors (Lipinski definition) is 4. The van der Waals surface area contributed by atoms with E-state index in [1.165, 1.54) is 6.07 Å². The summed E-state index contributed by atoms with van der Waals surface area (Å²) in [6, 6.07) is 8.01. The van der Waals surface area contributed by atoms with Gasteiger partial charge in [0.25, 0.3) is 0 Å². The molecule has 2 aromatic rings. The minimum atomic E-state index is -0.327. The molecule has 5 heteroatoms. The molecule has 0 aliphatic heterocycles. The highest BCUT2D eigenvalue weighted by Gasteiger charge is 2.05. The summed E-state index contributed by atoms with van der Waals surface area (Å²) in [7, 11) is 0. The van der Waals surface area contributed by atoms with Crippen LogP contribution in [0.2, 0.25) is 0 Å². The van der Waals surface area contributed by atoms with Gasteiger partial charge in [0.15, 0.2) is 0 Å². The van der Waals surface area contributed by atoms with Crippen molar-refractivity contribution < 1.29 is 4.39 Å². The first-order chi connectivity index (χ1) is 8.69. The van der Waals surface area contributed by atoms with Crippen molar-refractivity contribution in [3.05, 3.63) is 42.0 Å². The number of nitrogens with one attached hydrogen (secondary N) is 1. The van der Waals surface area contributed by atoms with E-state index in [4.69, 9.17) is 5.73 Å². The molecule has 94 valence electrons. The van der Waals surface area contributed by atoms with Crippen LogP contribution in [-0.2, 0) is 6.42 Å². The van der Waals surface area contributed by atoms with Gasteiger partial charge in [-0.25, -0.2) is 14.4 Å². The SMILES string of the molecule is CCCc1nc(N)cc(Nc2ccccc2F)n1. The number of nitrogens with zero attached hydrogens (tertiary/aromatic N) is 2. The number of aryl methyl sites for hydroxylation is 1. The summed E-state index contributed by atoms with van der Waals surface area (Å²) >= 11 is 0. The molecule has 0 fully saturated rings. The third-order valence-electron chi connectivity index (χ3n) is 2.40. The van der Waals surface area contributed by atoms with Crippen molar-refractivity contribution in [2.75, 3.05) is 11.1 Å². The Kier molecular flexibility index (Phi) is 3.72. The van der Waals surface area contributed by atoms with Crippen molar-refractivity contribution in [1.82, 2.24) is 9.97 Å². The van der Waals surface area contributed by atoms with Gasteiger partial charge in [-0.05, 0) is 18.6 Å². The first-order valence-corrected chi connectivity index (χ1v) is 5.84. The van der Waals surface area contributed by atoms with Gasteiger partial charge in [0.2, 0.25) is 0 Å². The van der Waals surface area contributed by atoms with E-state index in [1.807, 2.05) is 6.92 Å². The summed E-state index contributed by atoms with van der Waals surface area (Å²) in [6.07, 6.45) is 1.68. The van der Waals surface area contributed by atoms with E-state index in [9.17, 15) is 4.39 Å². The van der Waals surface area contributed by atoms with Gasteiger partial charge >= 0.3 is 0 Å². The molecule has 4 nitrogen and oxygen atoms in total. The predicted octanol–water partition coefficient (Wildman–Crippen LogP) is 2.89. The number of benzene rings is 1. The van der Waals surface area contributed by atoms with Crippen LogP contribution in [0.3, 0.4) is 0 Å². The van der Waals surface area contributed by atoms with Gasteiger partial charge in [-0.15, -0.1) is 0 Å². The number of hydrogen-bond donors (Lipinski definition) is 2. The standard InChI is InChI=1S/C13H15FN4/c1-2-5-12-17-11(15)8-13(18-12)16-10-7-4-3-6-9(10)14/h3-4,6-8H,2,5H2,1H3,(H3,15,16,17,18). The zero-order valence-corrected chi connectivity index (χ0v) is 10.2. The van der Waals surface area contributed by atoms with Gasteiger partial charge in [0, 0.05) is 12.5 Å². The van der Waals surface area contributed by atoms with Crippen molar-refractivity contribution in [2.45, 2.75) is 19.8 Å². The Hall–Kier alpha value is -2.17. The number of aromatic nitrogens is 2. The van der Waals surface area contributed by atoms with Gasteiger partial charge in [0.1, 0.15) is 23.3 Å². The van der Waals surface area contributed by atoms with E-state index >= 15 is 0 Å². The summed E-state index contributed by atoms with van der Waals surface area (Å²) in [5.74, 6) is 1.23. The van der Waals surface area contributed by atoms with E-state index < -0.39 is 0 Å². The zero-order valence-electron chi connectivity index (χ0n) is 10.2. The van der Waals surface area contributed by atoms with Gasteiger partial charge in [0.05, 0.1) is 5.69 Å². The second-order valence-corrected chi connectivity index (χ2v) is 3.95. The average Bonchev–Trinajstić information content (AvgIpc) is 2.32. The van der Waals surface area contributed by atoms with Crippen LogP contribution in [0.1, 0.15) is 19.2 Å². The number of nitrogens with two attached hydrogens (primary N) is 1. The van der Waals surface area contributed by atoms with Crippen LogP contribution in [-0.4, -0.2) is 9.97 Å². The Morgan fingerprint density at radius 3 is 2.78 bits per heavy atom. The monoisotopic (exact) mass is 246 g/mol. The van der Waals surface area contributed by atoms with Crippen LogP contribution >= 0.6 is 0 Å². The second-order valence-electron chi connectivity index (χ2n) is 3.95. The van der Waals surface area contributed by atoms with E-state index in [0.717, 1.165) is 12.8 Å². The summed E-state index contributed by atoms with van der Waals surface area (Å²) in [5.41, 5.74) is 6.07. The summed E-state index contributed by atoms with van der Waals surface area (Å²) < 4.78 is 13.5. The fourth-order valence-corrected chi connectivity index (χ4v) is 1.62. The maximum Gasteiger partial charge on any atom is 0.146 e. The van der Waals surface area contributed by atoms with Crippen molar-refractivity contribution in [2.24, 2.45) is 0 Å². The van der Waals surface area contributed by atoms with Crippen molar-refractivity contribution in [3.8, 4) is 0 Å². The predicted molar refractivity (Wildman–Crippen MR) is 70.1 cm³/mol. The second kappa shape index (κ2) is 5.44. The molecule has 3 N–H and O–H groups in total. The molecule has 1 heterocycles. The topological polar surface area (TPSA) is 63.8 Å². The lowest BCUT2D eigenvalue weighted by atomic mass is 10.3. The fourth-order valence-electron chi connectivity index (χ4n) is 1.62. The minimum Gasteiger partial charge on any atom is -0.384 e. The van der Waals surface area contributed by atoms with Gasteiger partial charge in [-0.3, -0.25) is 0 Å². The highest BCUT2D eigenvalue weighted by atomic mass is 19.1. The van der Waals surface area contributed by atoms with Crippen LogP contribution < -0.4 is 11.1 Å². The lowest BCUT2D eigenvalue weighted by molar-refractivity contribution is 0.631. The third kappa shape index (κ3) is 2.94.